The number of ether oxygens (including phenoxy) is 1. The number of hydrogen-bond acceptors (Lipinski definition) is 5. The third-order valence-corrected chi connectivity index (χ3v) is 2.34. The highest BCUT2D eigenvalue weighted by Gasteiger charge is 2.41. The first-order chi connectivity index (χ1) is 6.43. The normalized spacial score (nSPS) is 43.4. The fourth-order valence-corrected chi connectivity index (χ4v) is 1.47. The van der Waals surface area contributed by atoms with Crippen molar-refractivity contribution in [3.8, 4) is 0 Å². The average molecular weight is 204 g/mol. The van der Waals surface area contributed by atoms with E-state index >= 15 is 0 Å². The second-order valence-electron chi connectivity index (χ2n) is 3.53. The second-order valence-corrected chi connectivity index (χ2v) is 3.53. The molecule has 1 aliphatic heterocycles. The summed E-state index contributed by atoms with van der Waals surface area (Å²) in [5.74, 6) is -0.349. The molecule has 1 heterocycles. The number of nitrogens with two attached hydrogens (primary N) is 1. The number of amides is 1. The van der Waals surface area contributed by atoms with Crippen LogP contribution in [0.15, 0.2) is 0 Å². The van der Waals surface area contributed by atoms with Crippen molar-refractivity contribution in [3.05, 3.63) is 0 Å². The van der Waals surface area contributed by atoms with Crippen molar-refractivity contribution in [2.45, 2.75) is 44.4 Å². The van der Waals surface area contributed by atoms with Gasteiger partial charge in [-0.15, -0.1) is 0 Å². The minimum Gasteiger partial charge on any atom is -0.389 e. The third-order valence-electron chi connectivity index (χ3n) is 2.34. The van der Waals surface area contributed by atoms with E-state index in [2.05, 4.69) is 5.32 Å². The van der Waals surface area contributed by atoms with Crippen LogP contribution in [0.2, 0.25) is 0 Å². The highest BCUT2D eigenvalue weighted by molar-refractivity contribution is 5.73. The van der Waals surface area contributed by atoms with Gasteiger partial charge in [0.15, 0.2) is 6.29 Å². The molecular formula is C8H16N2O4. The van der Waals surface area contributed by atoms with E-state index in [9.17, 15) is 15.0 Å². The number of carbonyl (C=O) groups excluding carboxylic acids is 1. The van der Waals surface area contributed by atoms with Crippen LogP contribution in [0.4, 0.5) is 0 Å². The van der Waals surface area contributed by atoms with Crippen molar-refractivity contribution in [1.29, 1.82) is 0 Å². The average Bonchev–Trinajstić information content (AvgIpc) is 2.09. The van der Waals surface area contributed by atoms with Gasteiger partial charge in [-0.2, -0.15) is 0 Å². The van der Waals surface area contributed by atoms with Gasteiger partial charge in [0.2, 0.25) is 5.91 Å². The maximum absolute atomic E-state index is 10.8. The van der Waals surface area contributed by atoms with E-state index < -0.39 is 30.6 Å². The van der Waals surface area contributed by atoms with E-state index in [0.29, 0.717) is 0 Å². The molecule has 1 amide bonds. The van der Waals surface area contributed by atoms with Crippen LogP contribution in [0, 0.1) is 0 Å². The predicted molar refractivity (Wildman–Crippen MR) is 48.1 cm³/mol. The molecular weight excluding hydrogens is 188 g/mol. The Balaban J connectivity index is 2.68. The van der Waals surface area contributed by atoms with Crippen molar-refractivity contribution in [2.75, 3.05) is 0 Å². The molecule has 1 fully saturated rings. The van der Waals surface area contributed by atoms with Crippen molar-refractivity contribution >= 4 is 5.91 Å². The molecule has 1 rings (SSSR count). The Bertz CT molecular complexity index is 223. The Morgan fingerprint density at radius 2 is 2.07 bits per heavy atom. The molecule has 0 bridgehead atoms. The molecule has 5 N–H and O–H groups in total. The van der Waals surface area contributed by atoms with Crippen molar-refractivity contribution < 1.29 is 19.7 Å². The molecule has 0 aromatic carbocycles. The van der Waals surface area contributed by atoms with Gasteiger partial charge < -0.3 is 26.0 Å². The molecule has 6 heteroatoms. The third kappa shape index (κ3) is 2.21. The first kappa shape index (κ1) is 11.4. The zero-order chi connectivity index (χ0) is 10.9. The van der Waals surface area contributed by atoms with Crippen LogP contribution in [0.25, 0.3) is 0 Å². The summed E-state index contributed by atoms with van der Waals surface area (Å²) in [5.41, 5.74) is 5.61. The molecule has 0 radical (unpaired) electrons. The summed E-state index contributed by atoms with van der Waals surface area (Å²) in [6.45, 7) is 2.95. The first-order valence-electron chi connectivity index (χ1n) is 4.47. The number of rotatable bonds is 1. The predicted octanol–water partition coefficient (Wildman–Crippen LogP) is -2.08. The van der Waals surface area contributed by atoms with Crippen molar-refractivity contribution in [2.24, 2.45) is 5.73 Å². The molecule has 6 nitrogen and oxygen atoms in total. The number of aliphatic hydroxyl groups is 2. The number of carbonyl (C=O) groups is 1. The lowest BCUT2D eigenvalue weighted by atomic mass is 9.96. The molecule has 1 saturated heterocycles. The molecule has 5 atom stereocenters. The Hall–Kier alpha value is -0.690. The minimum atomic E-state index is -1.22. The smallest absolute Gasteiger partial charge is 0.217 e. The summed E-state index contributed by atoms with van der Waals surface area (Å²) in [6, 6.07) is -1.48. The van der Waals surface area contributed by atoms with Crippen molar-refractivity contribution in [1.82, 2.24) is 5.32 Å². The zero-order valence-corrected chi connectivity index (χ0v) is 8.18. The van der Waals surface area contributed by atoms with Crippen LogP contribution in [-0.2, 0) is 9.53 Å². The summed E-state index contributed by atoms with van der Waals surface area (Å²) in [4.78, 5) is 10.8. The van der Waals surface area contributed by atoms with Gasteiger partial charge in [0.25, 0.3) is 0 Å². The second kappa shape index (κ2) is 4.22. The Kier molecular flexibility index (Phi) is 3.43. The molecule has 1 aliphatic rings. The van der Waals surface area contributed by atoms with E-state index in [0.717, 1.165) is 0 Å². The fourth-order valence-electron chi connectivity index (χ4n) is 1.47. The van der Waals surface area contributed by atoms with E-state index in [4.69, 9.17) is 10.5 Å². The Morgan fingerprint density at radius 1 is 1.50 bits per heavy atom. The first-order valence-corrected chi connectivity index (χ1v) is 4.47. The van der Waals surface area contributed by atoms with E-state index in [-0.39, 0.29) is 5.91 Å². The number of nitrogens with one attached hydrogen (secondary N) is 1. The molecule has 0 spiro atoms. The van der Waals surface area contributed by atoms with E-state index in [1.807, 2.05) is 0 Å². The zero-order valence-electron chi connectivity index (χ0n) is 8.18. The standard InChI is InChI=1S/C8H16N2O4/c1-3-5(9)7(12)6(8(13)14-3)10-4(2)11/h3,5-8,12-13H,9H2,1-2H3,(H,10,11)/t3-,5+,6-,7+,8?/m0/s1. The lowest BCUT2D eigenvalue weighted by Gasteiger charge is -2.40. The number of hydrogen-bond donors (Lipinski definition) is 4. The Morgan fingerprint density at radius 3 is 2.57 bits per heavy atom. The Labute approximate surface area is 82.0 Å². The van der Waals surface area contributed by atoms with Crippen LogP contribution < -0.4 is 11.1 Å². The molecule has 0 saturated carbocycles. The molecule has 0 aromatic heterocycles. The quantitative estimate of drug-likeness (QED) is 0.392. The molecule has 1 unspecified atom stereocenters. The maximum Gasteiger partial charge on any atom is 0.217 e. The lowest BCUT2D eigenvalue weighted by molar-refractivity contribution is -0.210. The maximum atomic E-state index is 10.8. The number of aliphatic hydroxyl groups excluding tert-OH is 2. The van der Waals surface area contributed by atoms with Gasteiger partial charge in [0, 0.05) is 6.92 Å². The van der Waals surface area contributed by atoms with Crippen molar-refractivity contribution in [3.63, 3.8) is 0 Å². The molecule has 0 aromatic rings. The summed E-state index contributed by atoms with van der Waals surface area (Å²) in [6.07, 6.45) is -2.66. The largest absolute Gasteiger partial charge is 0.389 e. The van der Waals surface area contributed by atoms with Gasteiger partial charge in [-0.05, 0) is 6.92 Å². The summed E-state index contributed by atoms with van der Waals surface area (Å²) in [5, 5.41) is 21.5. The highest BCUT2D eigenvalue weighted by atomic mass is 16.6. The van der Waals surface area contributed by atoms with E-state index in [1.54, 1.807) is 6.92 Å². The fraction of sp³-hybridized carbons (Fsp3) is 0.875. The highest BCUT2D eigenvalue weighted by Crippen LogP contribution is 2.17. The topological polar surface area (TPSA) is 105 Å². The van der Waals surface area contributed by atoms with Crippen LogP contribution in [0.5, 0.6) is 0 Å². The van der Waals surface area contributed by atoms with Gasteiger partial charge in [-0.25, -0.2) is 0 Å². The van der Waals surface area contributed by atoms with Crippen LogP contribution in [0.3, 0.4) is 0 Å². The van der Waals surface area contributed by atoms with Gasteiger partial charge in [-0.3, -0.25) is 4.79 Å². The molecule has 0 aliphatic carbocycles. The lowest BCUT2D eigenvalue weighted by Crippen LogP contribution is -2.65. The SMILES string of the molecule is CC(=O)N[C@@H]1C(O)O[C@@H](C)[C@@H](N)[C@H]1O. The van der Waals surface area contributed by atoms with E-state index in [1.165, 1.54) is 6.92 Å². The summed E-state index contributed by atoms with van der Waals surface area (Å²) < 4.78 is 5.04. The summed E-state index contributed by atoms with van der Waals surface area (Å²) in [7, 11) is 0. The summed E-state index contributed by atoms with van der Waals surface area (Å²) >= 11 is 0. The molecule has 14 heavy (non-hydrogen) atoms. The van der Waals surface area contributed by atoms with Gasteiger partial charge >= 0.3 is 0 Å². The van der Waals surface area contributed by atoms with Gasteiger partial charge in [0.1, 0.15) is 6.04 Å². The van der Waals surface area contributed by atoms with Crippen LogP contribution >= 0.6 is 0 Å². The van der Waals surface area contributed by atoms with Gasteiger partial charge in [0.05, 0.1) is 18.2 Å². The minimum absolute atomic E-state index is 0.349. The molecule has 82 valence electrons. The van der Waals surface area contributed by atoms with Crippen LogP contribution in [-0.4, -0.2) is 46.7 Å². The van der Waals surface area contributed by atoms with Crippen LogP contribution in [0.1, 0.15) is 13.8 Å². The van der Waals surface area contributed by atoms with Gasteiger partial charge in [-0.1, -0.05) is 0 Å². The monoisotopic (exact) mass is 204 g/mol.